The number of halogens is 5. The van der Waals surface area contributed by atoms with Gasteiger partial charge < -0.3 is 5.11 Å². The first kappa shape index (κ1) is 16.0. The van der Waals surface area contributed by atoms with Crippen LogP contribution in [0.25, 0.3) is 0 Å². The van der Waals surface area contributed by atoms with Crippen LogP contribution < -0.4 is 0 Å². The fraction of sp³-hybridized carbons (Fsp3) is 0.200. The molecule has 0 spiro atoms. The van der Waals surface area contributed by atoms with Gasteiger partial charge in [-0.15, -0.1) is 0 Å². The topological polar surface area (TPSA) is 20.2 Å². The van der Waals surface area contributed by atoms with E-state index < -0.39 is 23.7 Å². The summed E-state index contributed by atoms with van der Waals surface area (Å²) in [5, 5.41) is 10.2. The number of aliphatic hydroxyl groups is 1. The average molecular weight is 363 g/mol. The van der Waals surface area contributed by atoms with Crippen molar-refractivity contribution in [1.82, 2.24) is 0 Å². The highest BCUT2D eigenvalue weighted by Gasteiger charge is 2.34. The van der Waals surface area contributed by atoms with Gasteiger partial charge in [0.15, 0.2) is 0 Å². The van der Waals surface area contributed by atoms with Crippen LogP contribution in [0.15, 0.2) is 40.9 Å². The molecule has 1 nitrogen and oxygen atoms in total. The molecule has 1 unspecified atom stereocenters. The molecule has 2 rings (SSSR count). The summed E-state index contributed by atoms with van der Waals surface area (Å²) in [4.78, 5) is 0. The van der Waals surface area contributed by atoms with E-state index in [0.717, 1.165) is 22.2 Å². The second-order valence-corrected chi connectivity index (χ2v) is 5.56. The highest BCUT2D eigenvalue weighted by molar-refractivity contribution is 9.10. The Labute approximate surface area is 127 Å². The van der Waals surface area contributed by atoms with Crippen LogP contribution in [0.5, 0.6) is 0 Å². The number of hydrogen-bond acceptors (Lipinski definition) is 1. The molecule has 0 fully saturated rings. The van der Waals surface area contributed by atoms with Crippen molar-refractivity contribution in [2.45, 2.75) is 19.2 Å². The van der Waals surface area contributed by atoms with E-state index in [1.807, 2.05) is 0 Å². The van der Waals surface area contributed by atoms with E-state index in [9.17, 15) is 22.7 Å². The van der Waals surface area contributed by atoms with Crippen molar-refractivity contribution in [3.8, 4) is 0 Å². The van der Waals surface area contributed by atoms with Gasteiger partial charge in [-0.1, -0.05) is 28.1 Å². The Balaban J connectivity index is 2.40. The number of aryl methyl sites for hydroxylation is 1. The highest BCUT2D eigenvalue weighted by atomic mass is 79.9. The van der Waals surface area contributed by atoms with Crippen molar-refractivity contribution in [2.24, 2.45) is 0 Å². The SMILES string of the molecule is Cc1cc(Br)ccc1C(O)c1ccc(C(F)(F)F)c(F)c1. The molecule has 0 aromatic heterocycles. The smallest absolute Gasteiger partial charge is 0.384 e. The number of rotatable bonds is 2. The normalized spacial score (nSPS) is 13.3. The minimum atomic E-state index is -4.75. The summed E-state index contributed by atoms with van der Waals surface area (Å²) in [6, 6.07) is 7.54. The summed E-state index contributed by atoms with van der Waals surface area (Å²) in [5.74, 6) is -1.39. The highest BCUT2D eigenvalue weighted by Crippen LogP contribution is 2.34. The molecular weight excluding hydrogens is 352 g/mol. The van der Waals surface area contributed by atoms with Gasteiger partial charge in [0, 0.05) is 4.47 Å². The Hall–Kier alpha value is -1.40. The summed E-state index contributed by atoms with van der Waals surface area (Å²) in [5.41, 5.74) is -0.00793. The van der Waals surface area contributed by atoms with E-state index >= 15 is 0 Å². The number of benzene rings is 2. The lowest BCUT2D eigenvalue weighted by atomic mass is 9.96. The maximum Gasteiger partial charge on any atom is 0.419 e. The van der Waals surface area contributed by atoms with Crippen LogP contribution >= 0.6 is 15.9 Å². The Morgan fingerprint density at radius 1 is 1.10 bits per heavy atom. The molecule has 0 amide bonds. The predicted octanol–water partition coefficient (Wildman–Crippen LogP) is 5.00. The van der Waals surface area contributed by atoms with E-state index in [-0.39, 0.29) is 5.56 Å². The molecule has 2 aromatic carbocycles. The molecule has 0 aliphatic carbocycles. The summed E-state index contributed by atoms with van der Waals surface area (Å²) in [6.07, 6.45) is -5.93. The van der Waals surface area contributed by atoms with Gasteiger partial charge in [-0.2, -0.15) is 13.2 Å². The number of alkyl halides is 3. The second kappa shape index (κ2) is 5.77. The van der Waals surface area contributed by atoms with Crippen molar-refractivity contribution in [3.63, 3.8) is 0 Å². The maximum atomic E-state index is 13.5. The minimum Gasteiger partial charge on any atom is -0.384 e. The van der Waals surface area contributed by atoms with E-state index in [0.29, 0.717) is 11.6 Å². The largest absolute Gasteiger partial charge is 0.419 e. The first-order valence-electron chi connectivity index (χ1n) is 6.01. The Morgan fingerprint density at radius 3 is 2.29 bits per heavy atom. The first-order chi connectivity index (χ1) is 9.70. The lowest BCUT2D eigenvalue weighted by molar-refractivity contribution is -0.140. The minimum absolute atomic E-state index is 0.0749. The monoisotopic (exact) mass is 362 g/mol. The fourth-order valence-corrected chi connectivity index (χ4v) is 2.53. The lowest BCUT2D eigenvalue weighted by Gasteiger charge is -2.16. The Morgan fingerprint density at radius 2 is 1.76 bits per heavy atom. The van der Waals surface area contributed by atoms with E-state index in [1.54, 1.807) is 25.1 Å². The molecule has 0 aliphatic heterocycles. The van der Waals surface area contributed by atoms with Crippen LogP contribution in [-0.2, 0) is 6.18 Å². The van der Waals surface area contributed by atoms with Crippen molar-refractivity contribution in [1.29, 1.82) is 0 Å². The van der Waals surface area contributed by atoms with Crippen molar-refractivity contribution >= 4 is 15.9 Å². The standard InChI is InChI=1S/C15H11BrF4O/c1-8-6-10(16)3-4-11(8)14(21)9-2-5-12(13(17)7-9)15(18,19)20/h2-7,14,21H,1H3. The summed E-state index contributed by atoms with van der Waals surface area (Å²) >= 11 is 3.28. The summed E-state index contributed by atoms with van der Waals surface area (Å²) < 4.78 is 51.9. The molecule has 0 heterocycles. The van der Waals surface area contributed by atoms with E-state index in [2.05, 4.69) is 15.9 Å². The quantitative estimate of drug-likeness (QED) is 0.745. The molecule has 21 heavy (non-hydrogen) atoms. The number of hydrogen-bond donors (Lipinski definition) is 1. The van der Waals surface area contributed by atoms with Gasteiger partial charge >= 0.3 is 6.18 Å². The van der Waals surface area contributed by atoms with Crippen molar-refractivity contribution in [2.75, 3.05) is 0 Å². The average Bonchev–Trinajstić information content (AvgIpc) is 2.36. The van der Waals surface area contributed by atoms with Gasteiger partial charge in [0.1, 0.15) is 11.9 Å². The van der Waals surface area contributed by atoms with Gasteiger partial charge in [-0.25, -0.2) is 4.39 Å². The van der Waals surface area contributed by atoms with Gasteiger partial charge in [0.05, 0.1) is 5.56 Å². The van der Waals surface area contributed by atoms with Crippen LogP contribution in [0.1, 0.15) is 28.4 Å². The van der Waals surface area contributed by atoms with E-state index in [1.165, 1.54) is 0 Å². The zero-order valence-electron chi connectivity index (χ0n) is 10.9. The molecule has 6 heteroatoms. The van der Waals surface area contributed by atoms with Crippen molar-refractivity contribution in [3.05, 3.63) is 68.9 Å². The fourth-order valence-electron chi connectivity index (χ4n) is 2.06. The van der Waals surface area contributed by atoms with Gasteiger partial charge in [-0.05, 0) is 47.9 Å². The van der Waals surface area contributed by atoms with Crippen LogP contribution in [0.2, 0.25) is 0 Å². The van der Waals surface area contributed by atoms with E-state index in [4.69, 9.17) is 0 Å². The molecule has 2 aromatic rings. The van der Waals surface area contributed by atoms with Crippen LogP contribution in [0.3, 0.4) is 0 Å². The maximum absolute atomic E-state index is 13.5. The second-order valence-electron chi connectivity index (χ2n) is 4.64. The molecule has 0 saturated carbocycles. The molecule has 0 aliphatic rings. The zero-order valence-corrected chi connectivity index (χ0v) is 12.5. The third-order valence-electron chi connectivity index (χ3n) is 3.14. The number of aliphatic hydroxyl groups excluding tert-OH is 1. The molecular formula is C15H11BrF4O. The van der Waals surface area contributed by atoms with Crippen molar-refractivity contribution < 1.29 is 22.7 Å². The van der Waals surface area contributed by atoms with Gasteiger partial charge in [-0.3, -0.25) is 0 Å². The first-order valence-corrected chi connectivity index (χ1v) is 6.80. The van der Waals surface area contributed by atoms with Crippen LogP contribution in [0.4, 0.5) is 17.6 Å². The van der Waals surface area contributed by atoms with Gasteiger partial charge in [0.25, 0.3) is 0 Å². The third kappa shape index (κ3) is 3.44. The van der Waals surface area contributed by atoms with Gasteiger partial charge in [0.2, 0.25) is 0 Å². The lowest BCUT2D eigenvalue weighted by Crippen LogP contribution is -2.10. The molecule has 1 N–H and O–H groups in total. The summed E-state index contributed by atoms with van der Waals surface area (Å²) in [7, 11) is 0. The van der Waals surface area contributed by atoms with Crippen LogP contribution in [0, 0.1) is 12.7 Å². The summed E-state index contributed by atoms with van der Waals surface area (Å²) in [6.45, 7) is 1.75. The van der Waals surface area contributed by atoms with Crippen LogP contribution in [-0.4, -0.2) is 5.11 Å². The molecule has 0 bridgehead atoms. The molecule has 0 radical (unpaired) electrons. The zero-order chi connectivity index (χ0) is 15.8. The Bertz CT molecular complexity index is 667. The predicted molar refractivity (Wildman–Crippen MR) is 74.3 cm³/mol. The molecule has 1 atom stereocenters. The molecule has 0 saturated heterocycles. The third-order valence-corrected chi connectivity index (χ3v) is 3.63. The Kier molecular flexibility index (Phi) is 4.39. The molecule has 112 valence electrons.